The zero-order chi connectivity index (χ0) is 11.1. The molecule has 0 aliphatic carbocycles. The molecule has 0 fully saturated rings. The van der Waals surface area contributed by atoms with E-state index >= 15 is 0 Å². The summed E-state index contributed by atoms with van der Waals surface area (Å²) in [5.41, 5.74) is 0.324. The van der Waals surface area contributed by atoms with Gasteiger partial charge in [0.05, 0.1) is 0 Å². The van der Waals surface area contributed by atoms with Crippen LogP contribution in [0.15, 0.2) is 35.7 Å². The summed E-state index contributed by atoms with van der Waals surface area (Å²) in [6, 6.07) is 6.12. The number of halogens is 1. The lowest BCUT2D eigenvalue weighted by Gasteiger charge is -1.94. The SMILES string of the molecule is CCO/N=[N+]([O-])/C=C/c1ccccc1F. The van der Waals surface area contributed by atoms with E-state index < -0.39 is 5.82 Å². The van der Waals surface area contributed by atoms with Crippen molar-refractivity contribution in [1.29, 1.82) is 0 Å². The standard InChI is InChI=1S/C10H11FN2O2/c1-2-15-12-13(14)8-7-9-5-3-4-6-10(9)11/h3-8H,2H2,1H3/b8-7+,13-12-. The van der Waals surface area contributed by atoms with Crippen LogP contribution in [0, 0.1) is 11.0 Å². The molecule has 1 aromatic carbocycles. The quantitative estimate of drug-likeness (QED) is 0.435. The number of rotatable bonds is 4. The molecule has 5 heteroatoms. The summed E-state index contributed by atoms with van der Waals surface area (Å²) in [7, 11) is 0. The van der Waals surface area contributed by atoms with Crippen molar-refractivity contribution >= 4 is 6.08 Å². The van der Waals surface area contributed by atoms with Crippen LogP contribution in [0.25, 0.3) is 6.08 Å². The molecule has 0 aliphatic rings. The third-order valence-corrected chi connectivity index (χ3v) is 1.55. The van der Waals surface area contributed by atoms with E-state index in [1.165, 1.54) is 12.1 Å². The zero-order valence-corrected chi connectivity index (χ0v) is 8.26. The summed E-state index contributed by atoms with van der Waals surface area (Å²) in [4.78, 5) is 4.74. The molecule has 0 spiro atoms. The van der Waals surface area contributed by atoms with E-state index in [9.17, 15) is 9.60 Å². The maximum Gasteiger partial charge on any atom is 0.213 e. The van der Waals surface area contributed by atoms with Crippen LogP contribution in [0.5, 0.6) is 0 Å². The molecule has 0 heterocycles. The molecule has 0 saturated heterocycles. The smallest absolute Gasteiger partial charge is 0.213 e. The Labute approximate surface area is 86.8 Å². The Kier molecular flexibility index (Phi) is 4.28. The van der Waals surface area contributed by atoms with Gasteiger partial charge in [0.15, 0.2) is 0 Å². The molecule has 0 aliphatic heterocycles. The van der Waals surface area contributed by atoms with E-state index in [4.69, 9.17) is 0 Å². The summed E-state index contributed by atoms with van der Waals surface area (Å²) >= 11 is 0. The number of hydrogen-bond acceptors (Lipinski definition) is 3. The molecule has 0 N–H and O–H groups in total. The van der Waals surface area contributed by atoms with Gasteiger partial charge in [-0.3, -0.25) is 0 Å². The lowest BCUT2D eigenvalue weighted by Crippen LogP contribution is -1.91. The van der Waals surface area contributed by atoms with Crippen LogP contribution in [-0.2, 0) is 4.84 Å². The fraction of sp³-hybridized carbons (Fsp3) is 0.200. The number of hydrogen-bond donors (Lipinski definition) is 0. The minimum atomic E-state index is -0.390. The second-order valence-electron chi connectivity index (χ2n) is 2.64. The normalized spacial score (nSPS) is 12.0. The van der Waals surface area contributed by atoms with Gasteiger partial charge in [-0.05, 0) is 17.9 Å². The molecule has 80 valence electrons. The lowest BCUT2D eigenvalue weighted by molar-refractivity contribution is -0.492. The van der Waals surface area contributed by atoms with Crippen LogP contribution in [0.3, 0.4) is 0 Å². The van der Waals surface area contributed by atoms with Gasteiger partial charge in [0.25, 0.3) is 0 Å². The van der Waals surface area contributed by atoms with Crippen molar-refractivity contribution in [3.63, 3.8) is 0 Å². The predicted molar refractivity (Wildman–Crippen MR) is 53.1 cm³/mol. The van der Waals surface area contributed by atoms with Gasteiger partial charge in [0, 0.05) is 11.6 Å². The first-order valence-electron chi connectivity index (χ1n) is 4.46. The number of benzene rings is 1. The van der Waals surface area contributed by atoms with E-state index in [0.29, 0.717) is 12.2 Å². The van der Waals surface area contributed by atoms with E-state index in [0.717, 1.165) is 6.20 Å². The first-order chi connectivity index (χ1) is 7.24. The summed E-state index contributed by atoms with van der Waals surface area (Å²) < 4.78 is 13.1. The first-order valence-corrected chi connectivity index (χ1v) is 4.46. The van der Waals surface area contributed by atoms with Crippen molar-refractivity contribution in [1.82, 2.24) is 0 Å². The highest BCUT2D eigenvalue weighted by Gasteiger charge is 1.96. The zero-order valence-electron chi connectivity index (χ0n) is 8.26. The van der Waals surface area contributed by atoms with Gasteiger partial charge in [0.2, 0.25) is 11.5 Å². The predicted octanol–water partition coefficient (Wildman–Crippen LogP) is 2.71. The molecule has 0 atom stereocenters. The summed E-state index contributed by atoms with van der Waals surface area (Å²) in [6.07, 6.45) is 2.40. The summed E-state index contributed by atoms with van der Waals surface area (Å²) in [5, 5.41) is 14.1. The fourth-order valence-electron chi connectivity index (χ4n) is 0.896. The molecule has 1 aromatic rings. The third-order valence-electron chi connectivity index (χ3n) is 1.55. The van der Waals surface area contributed by atoms with Gasteiger partial charge in [-0.25, -0.2) is 4.39 Å². The summed E-state index contributed by atoms with van der Waals surface area (Å²) in [5.74, 6) is -0.390. The average molecular weight is 210 g/mol. The first kappa shape index (κ1) is 11.2. The van der Waals surface area contributed by atoms with Gasteiger partial charge in [-0.15, -0.1) is 0 Å². The molecule has 0 unspecified atom stereocenters. The van der Waals surface area contributed by atoms with Crippen molar-refractivity contribution in [2.75, 3.05) is 6.61 Å². The molecular formula is C10H11FN2O2. The van der Waals surface area contributed by atoms with Crippen LogP contribution < -0.4 is 0 Å². The van der Waals surface area contributed by atoms with Crippen molar-refractivity contribution in [3.8, 4) is 0 Å². The molecule has 1 rings (SSSR count). The van der Waals surface area contributed by atoms with Crippen molar-refractivity contribution in [2.24, 2.45) is 5.28 Å². The molecule has 0 radical (unpaired) electrons. The molecule has 0 saturated carbocycles. The molecule has 4 nitrogen and oxygen atoms in total. The van der Waals surface area contributed by atoms with Crippen molar-refractivity contribution < 1.29 is 14.1 Å². The minimum Gasteiger partial charge on any atom is -0.592 e. The largest absolute Gasteiger partial charge is 0.592 e. The second kappa shape index (κ2) is 5.74. The van der Waals surface area contributed by atoms with Crippen LogP contribution in [-0.4, -0.2) is 11.5 Å². The Morgan fingerprint density at radius 3 is 2.93 bits per heavy atom. The monoisotopic (exact) mass is 210 g/mol. The molecular weight excluding hydrogens is 199 g/mol. The van der Waals surface area contributed by atoms with Gasteiger partial charge in [-0.2, -0.15) is 0 Å². The Morgan fingerprint density at radius 2 is 2.27 bits per heavy atom. The van der Waals surface area contributed by atoms with Gasteiger partial charge in [-0.1, -0.05) is 18.2 Å². The third kappa shape index (κ3) is 3.76. The average Bonchev–Trinajstić information content (AvgIpc) is 2.25. The van der Waals surface area contributed by atoms with Crippen LogP contribution in [0.2, 0.25) is 0 Å². The highest BCUT2D eigenvalue weighted by Crippen LogP contribution is 2.07. The second-order valence-corrected chi connectivity index (χ2v) is 2.64. The molecule has 0 amide bonds. The topological polar surface area (TPSA) is 47.7 Å². The van der Waals surface area contributed by atoms with E-state index in [2.05, 4.69) is 10.1 Å². The van der Waals surface area contributed by atoms with E-state index in [1.807, 2.05) is 0 Å². The maximum atomic E-state index is 13.1. The minimum absolute atomic E-state index is 0.232. The number of nitrogens with zero attached hydrogens (tertiary/aromatic N) is 2. The highest BCUT2D eigenvalue weighted by atomic mass is 19.1. The van der Waals surface area contributed by atoms with Gasteiger partial charge >= 0.3 is 0 Å². The Bertz CT molecular complexity index is 377. The van der Waals surface area contributed by atoms with Crippen molar-refractivity contribution in [2.45, 2.75) is 6.92 Å². The highest BCUT2D eigenvalue weighted by molar-refractivity contribution is 5.48. The van der Waals surface area contributed by atoms with Crippen molar-refractivity contribution in [3.05, 3.63) is 47.1 Å². The Hall–Kier alpha value is -1.91. The molecule has 0 bridgehead atoms. The van der Waals surface area contributed by atoms with Crippen LogP contribution >= 0.6 is 0 Å². The number of hydroxylamine groups is 1. The Balaban J connectivity index is 2.69. The maximum absolute atomic E-state index is 13.1. The van der Waals surface area contributed by atoms with E-state index in [1.54, 1.807) is 25.1 Å². The lowest BCUT2D eigenvalue weighted by atomic mass is 10.2. The molecule has 0 aromatic heterocycles. The van der Waals surface area contributed by atoms with Gasteiger partial charge in [0.1, 0.15) is 12.4 Å². The molecule has 15 heavy (non-hydrogen) atoms. The van der Waals surface area contributed by atoms with Gasteiger partial charge < -0.3 is 10.0 Å². The fourth-order valence-corrected chi connectivity index (χ4v) is 0.896. The Morgan fingerprint density at radius 1 is 1.53 bits per heavy atom. The van der Waals surface area contributed by atoms with Crippen LogP contribution in [0.4, 0.5) is 4.39 Å². The summed E-state index contributed by atoms with van der Waals surface area (Å²) in [6.45, 7) is 2.02. The van der Waals surface area contributed by atoms with E-state index in [-0.39, 0.29) is 4.86 Å². The van der Waals surface area contributed by atoms with Crippen LogP contribution in [0.1, 0.15) is 12.5 Å².